The predicted molar refractivity (Wildman–Crippen MR) is 62.9 cm³/mol. The number of amides is 1. The van der Waals surface area contributed by atoms with Crippen LogP contribution in [0.1, 0.15) is 26.5 Å². The predicted octanol–water partition coefficient (Wildman–Crippen LogP) is 0.517. The first kappa shape index (κ1) is 12.7. The molecule has 5 nitrogen and oxygen atoms in total. The summed E-state index contributed by atoms with van der Waals surface area (Å²) >= 11 is 0. The molecule has 5 heteroatoms. The van der Waals surface area contributed by atoms with Crippen molar-refractivity contribution in [2.24, 2.45) is 0 Å². The van der Waals surface area contributed by atoms with Crippen LogP contribution in [0, 0.1) is 0 Å². The Morgan fingerprint density at radius 1 is 1.56 bits per heavy atom. The van der Waals surface area contributed by atoms with Crippen molar-refractivity contribution < 1.29 is 4.79 Å². The molecular weight excluding hydrogens is 204 g/mol. The first-order valence-electron chi connectivity index (χ1n) is 5.69. The lowest BCUT2D eigenvalue weighted by atomic mass is 10.3. The van der Waals surface area contributed by atoms with Gasteiger partial charge in [0.05, 0.1) is 18.1 Å². The van der Waals surface area contributed by atoms with Gasteiger partial charge in [0.15, 0.2) is 0 Å². The van der Waals surface area contributed by atoms with Gasteiger partial charge in [-0.2, -0.15) is 0 Å². The van der Waals surface area contributed by atoms with E-state index in [-0.39, 0.29) is 11.9 Å². The maximum atomic E-state index is 11.5. The molecule has 0 spiro atoms. The molecule has 1 aromatic heterocycles. The molecule has 0 aromatic carbocycles. The van der Waals surface area contributed by atoms with Gasteiger partial charge >= 0.3 is 0 Å². The summed E-state index contributed by atoms with van der Waals surface area (Å²) in [5, 5.41) is 5.95. The van der Waals surface area contributed by atoms with Crippen molar-refractivity contribution >= 4 is 5.91 Å². The van der Waals surface area contributed by atoms with Crippen LogP contribution in [0.3, 0.4) is 0 Å². The van der Waals surface area contributed by atoms with Crippen LogP contribution in [-0.4, -0.2) is 28.0 Å². The topological polar surface area (TPSA) is 59.0 Å². The lowest BCUT2D eigenvalue weighted by Gasteiger charge is -2.13. The highest BCUT2D eigenvalue weighted by molar-refractivity contribution is 5.81. The van der Waals surface area contributed by atoms with E-state index >= 15 is 0 Å². The number of nitrogens with zero attached hydrogens (tertiary/aromatic N) is 2. The van der Waals surface area contributed by atoms with E-state index in [1.807, 2.05) is 20.0 Å². The van der Waals surface area contributed by atoms with Crippen LogP contribution in [-0.2, 0) is 17.9 Å². The Balaban J connectivity index is 2.42. The van der Waals surface area contributed by atoms with Crippen molar-refractivity contribution in [2.75, 3.05) is 6.54 Å². The number of hydrogen-bond donors (Lipinski definition) is 2. The van der Waals surface area contributed by atoms with Gasteiger partial charge in [0, 0.05) is 25.8 Å². The van der Waals surface area contributed by atoms with E-state index in [9.17, 15) is 4.79 Å². The van der Waals surface area contributed by atoms with Crippen molar-refractivity contribution in [1.82, 2.24) is 20.2 Å². The largest absolute Gasteiger partial charge is 0.355 e. The minimum Gasteiger partial charge on any atom is -0.355 e. The number of nitrogens with one attached hydrogen (secondary N) is 2. The number of imidazole rings is 1. The van der Waals surface area contributed by atoms with Crippen LogP contribution in [0.25, 0.3) is 0 Å². The normalized spacial score (nSPS) is 12.4. The molecule has 16 heavy (non-hydrogen) atoms. The molecule has 0 fully saturated rings. The summed E-state index contributed by atoms with van der Waals surface area (Å²) in [6.07, 6.45) is 3.62. The molecule has 0 radical (unpaired) electrons. The van der Waals surface area contributed by atoms with E-state index in [1.54, 1.807) is 6.33 Å². The van der Waals surface area contributed by atoms with Crippen LogP contribution < -0.4 is 10.6 Å². The summed E-state index contributed by atoms with van der Waals surface area (Å²) in [5.74, 6) is 0.0325. The molecule has 1 aromatic rings. The molecule has 1 heterocycles. The monoisotopic (exact) mass is 224 g/mol. The lowest BCUT2D eigenvalue weighted by molar-refractivity contribution is -0.122. The lowest BCUT2D eigenvalue weighted by Crippen LogP contribution is -2.41. The van der Waals surface area contributed by atoms with Crippen molar-refractivity contribution in [3.63, 3.8) is 0 Å². The van der Waals surface area contributed by atoms with E-state index in [0.29, 0.717) is 13.1 Å². The van der Waals surface area contributed by atoms with Gasteiger partial charge in [-0.05, 0) is 20.8 Å². The summed E-state index contributed by atoms with van der Waals surface area (Å²) in [7, 11) is 0. The van der Waals surface area contributed by atoms with Gasteiger partial charge in [-0.25, -0.2) is 4.98 Å². The van der Waals surface area contributed by atoms with Crippen LogP contribution in [0.5, 0.6) is 0 Å². The first-order chi connectivity index (χ1) is 7.69. The SMILES string of the molecule is CCNC(=O)C(C)NCc1cncn1CC. The summed E-state index contributed by atoms with van der Waals surface area (Å²) in [6.45, 7) is 8.06. The minimum atomic E-state index is -0.180. The summed E-state index contributed by atoms with van der Waals surface area (Å²) < 4.78 is 2.05. The van der Waals surface area contributed by atoms with Gasteiger partial charge in [-0.15, -0.1) is 0 Å². The van der Waals surface area contributed by atoms with Crippen LogP contribution in [0.15, 0.2) is 12.5 Å². The number of likely N-dealkylation sites (N-methyl/N-ethyl adjacent to an activating group) is 1. The second kappa shape index (κ2) is 6.27. The van der Waals surface area contributed by atoms with Gasteiger partial charge in [-0.1, -0.05) is 0 Å². The molecule has 0 aliphatic carbocycles. The van der Waals surface area contributed by atoms with Gasteiger partial charge in [0.2, 0.25) is 5.91 Å². The molecule has 0 aliphatic rings. The van der Waals surface area contributed by atoms with E-state index in [1.165, 1.54) is 0 Å². The third kappa shape index (κ3) is 3.34. The second-order valence-electron chi connectivity index (χ2n) is 3.67. The third-order valence-corrected chi connectivity index (χ3v) is 2.47. The van der Waals surface area contributed by atoms with Gasteiger partial charge < -0.3 is 15.2 Å². The molecule has 1 atom stereocenters. The average Bonchev–Trinajstić information content (AvgIpc) is 2.73. The number of carbonyl (C=O) groups is 1. The van der Waals surface area contributed by atoms with Crippen molar-refractivity contribution in [3.05, 3.63) is 18.2 Å². The van der Waals surface area contributed by atoms with Crippen molar-refractivity contribution in [2.45, 2.75) is 39.9 Å². The number of rotatable bonds is 6. The molecule has 90 valence electrons. The summed E-state index contributed by atoms with van der Waals surface area (Å²) in [5.41, 5.74) is 1.10. The van der Waals surface area contributed by atoms with Crippen molar-refractivity contribution in [1.29, 1.82) is 0 Å². The smallest absolute Gasteiger partial charge is 0.236 e. The summed E-state index contributed by atoms with van der Waals surface area (Å²) in [6, 6.07) is -0.180. The quantitative estimate of drug-likeness (QED) is 0.740. The Hall–Kier alpha value is -1.36. The Bertz CT molecular complexity index is 334. The Morgan fingerprint density at radius 3 is 2.94 bits per heavy atom. The standard InChI is InChI=1S/C11H20N4O/c1-4-13-11(16)9(3)14-7-10-6-12-8-15(10)5-2/h6,8-9,14H,4-5,7H2,1-3H3,(H,13,16). The number of carbonyl (C=O) groups excluding carboxylic acids is 1. The molecule has 0 saturated carbocycles. The molecule has 1 rings (SSSR count). The molecule has 2 N–H and O–H groups in total. The Morgan fingerprint density at radius 2 is 2.31 bits per heavy atom. The van der Waals surface area contributed by atoms with Crippen molar-refractivity contribution in [3.8, 4) is 0 Å². The molecule has 0 bridgehead atoms. The zero-order chi connectivity index (χ0) is 12.0. The second-order valence-corrected chi connectivity index (χ2v) is 3.67. The number of hydrogen-bond acceptors (Lipinski definition) is 3. The highest BCUT2D eigenvalue weighted by atomic mass is 16.2. The van der Waals surface area contributed by atoms with E-state index < -0.39 is 0 Å². The maximum absolute atomic E-state index is 11.5. The highest BCUT2D eigenvalue weighted by Crippen LogP contribution is 1.99. The van der Waals surface area contributed by atoms with E-state index in [0.717, 1.165) is 12.2 Å². The zero-order valence-electron chi connectivity index (χ0n) is 10.2. The van der Waals surface area contributed by atoms with E-state index in [2.05, 4.69) is 27.1 Å². The van der Waals surface area contributed by atoms with E-state index in [4.69, 9.17) is 0 Å². The average molecular weight is 224 g/mol. The fourth-order valence-electron chi connectivity index (χ4n) is 1.46. The maximum Gasteiger partial charge on any atom is 0.236 e. The zero-order valence-corrected chi connectivity index (χ0v) is 10.2. The van der Waals surface area contributed by atoms with Crippen LogP contribution in [0.4, 0.5) is 0 Å². The molecule has 0 saturated heterocycles. The fraction of sp³-hybridized carbons (Fsp3) is 0.636. The number of aromatic nitrogens is 2. The molecule has 0 aliphatic heterocycles. The summed E-state index contributed by atoms with van der Waals surface area (Å²) in [4.78, 5) is 15.5. The number of aryl methyl sites for hydroxylation is 1. The van der Waals surface area contributed by atoms with Gasteiger partial charge in [0.1, 0.15) is 0 Å². The first-order valence-corrected chi connectivity index (χ1v) is 5.69. The Labute approximate surface area is 96.3 Å². The molecular formula is C11H20N4O. The van der Waals surface area contributed by atoms with Gasteiger partial charge in [-0.3, -0.25) is 4.79 Å². The Kier molecular flexibility index (Phi) is 4.98. The van der Waals surface area contributed by atoms with Crippen LogP contribution >= 0.6 is 0 Å². The van der Waals surface area contributed by atoms with Crippen LogP contribution in [0.2, 0.25) is 0 Å². The fourth-order valence-corrected chi connectivity index (χ4v) is 1.46. The van der Waals surface area contributed by atoms with Gasteiger partial charge in [0.25, 0.3) is 0 Å². The molecule has 1 amide bonds. The third-order valence-electron chi connectivity index (χ3n) is 2.47. The highest BCUT2D eigenvalue weighted by Gasteiger charge is 2.11. The molecule has 1 unspecified atom stereocenters. The minimum absolute atomic E-state index is 0.0325.